The molecule has 3 aromatic carbocycles. The number of para-hydroxylation sites is 5. The van der Waals surface area contributed by atoms with Gasteiger partial charge < -0.3 is 19.5 Å². The summed E-state index contributed by atoms with van der Waals surface area (Å²) in [5.74, 6) is 3.18. The van der Waals surface area contributed by atoms with Crippen LogP contribution in [0, 0.1) is 0 Å². The largest absolute Gasteiger partial charge is 0.486 e. The molecule has 0 aliphatic carbocycles. The summed E-state index contributed by atoms with van der Waals surface area (Å²) in [5, 5.41) is 3.40. The lowest BCUT2D eigenvalue weighted by Crippen LogP contribution is -2.35. The normalized spacial score (nSPS) is 15.4. The highest BCUT2D eigenvalue weighted by Gasteiger charge is 2.20. The smallest absolute Gasteiger partial charge is 0.161 e. The lowest BCUT2D eigenvalue weighted by molar-refractivity contribution is 0.0997. The third kappa shape index (κ3) is 3.69. The first-order chi connectivity index (χ1) is 12.4. The number of rotatable bonds is 5. The second-order valence-electron chi connectivity index (χ2n) is 5.79. The van der Waals surface area contributed by atoms with E-state index >= 15 is 0 Å². The molecule has 126 valence electrons. The number of hydrogen-bond acceptors (Lipinski definition) is 4. The summed E-state index contributed by atoms with van der Waals surface area (Å²) in [6, 6.07) is 25.4. The topological polar surface area (TPSA) is 39.7 Å². The molecule has 0 fully saturated rings. The summed E-state index contributed by atoms with van der Waals surface area (Å²) in [4.78, 5) is 0. The Bertz CT molecular complexity index is 835. The summed E-state index contributed by atoms with van der Waals surface area (Å²) >= 11 is 0. The number of nitrogens with one attached hydrogen (secondary N) is 1. The fraction of sp³-hybridized carbons (Fsp3) is 0.143. The van der Waals surface area contributed by atoms with Gasteiger partial charge in [0, 0.05) is 0 Å². The zero-order chi connectivity index (χ0) is 16.9. The van der Waals surface area contributed by atoms with Crippen molar-refractivity contribution in [1.29, 1.82) is 0 Å². The highest BCUT2D eigenvalue weighted by molar-refractivity contribution is 5.57. The van der Waals surface area contributed by atoms with Gasteiger partial charge in [-0.15, -0.1) is 0 Å². The zero-order valence-corrected chi connectivity index (χ0v) is 13.7. The molecule has 1 aliphatic rings. The van der Waals surface area contributed by atoms with Crippen LogP contribution in [0.3, 0.4) is 0 Å². The molecule has 0 bridgehead atoms. The van der Waals surface area contributed by atoms with Gasteiger partial charge in [-0.25, -0.2) is 0 Å². The van der Waals surface area contributed by atoms with Crippen LogP contribution in [0.1, 0.15) is 0 Å². The summed E-state index contributed by atoms with van der Waals surface area (Å²) < 4.78 is 17.7. The molecule has 0 aromatic heterocycles. The molecule has 0 saturated carbocycles. The van der Waals surface area contributed by atoms with Gasteiger partial charge in [-0.2, -0.15) is 0 Å². The van der Waals surface area contributed by atoms with Crippen molar-refractivity contribution >= 4 is 5.69 Å². The molecule has 4 nitrogen and oxygen atoms in total. The molecule has 1 atom stereocenters. The maximum atomic E-state index is 5.98. The number of hydrogen-bond donors (Lipinski definition) is 1. The predicted octanol–water partition coefficient (Wildman–Crippen LogP) is 4.73. The van der Waals surface area contributed by atoms with Crippen molar-refractivity contribution in [3.8, 4) is 23.0 Å². The van der Waals surface area contributed by atoms with Gasteiger partial charge >= 0.3 is 0 Å². The summed E-state index contributed by atoms with van der Waals surface area (Å²) in [6.45, 7) is 1.15. The van der Waals surface area contributed by atoms with Crippen LogP contribution in [0.2, 0.25) is 0 Å². The molecule has 25 heavy (non-hydrogen) atoms. The fourth-order valence-corrected chi connectivity index (χ4v) is 2.70. The molecule has 1 heterocycles. The fourth-order valence-electron chi connectivity index (χ4n) is 2.70. The van der Waals surface area contributed by atoms with Crippen LogP contribution in [-0.4, -0.2) is 19.3 Å². The van der Waals surface area contributed by atoms with Crippen LogP contribution < -0.4 is 19.5 Å². The van der Waals surface area contributed by atoms with Gasteiger partial charge in [0.1, 0.15) is 18.5 Å². The Morgan fingerprint density at radius 3 is 2.44 bits per heavy atom. The highest BCUT2D eigenvalue weighted by atomic mass is 16.6. The second-order valence-corrected chi connectivity index (χ2v) is 5.79. The van der Waals surface area contributed by atoms with Crippen LogP contribution in [0.25, 0.3) is 0 Å². The van der Waals surface area contributed by atoms with E-state index in [-0.39, 0.29) is 6.10 Å². The van der Waals surface area contributed by atoms with E-state index in [2.05, 4.69) is 5.32 Å². The van der Waals surface area contributed by atoms with E-state index in [0.717, 1.165) is 28.7 Å². The minimum atomic E-state index is -0.0559. The maximum Gasteiger partial charge on any atom is 0.161 e. The van der Waals surface area contributed by atoms with Gasteiger partial charge in [0.25, 0.3) is 0 Å². The Kier molecular flexibility index (Phi) is 4.42. The van der Waals surface area contributed by atoms with Gasteiger partial charge in [0.05, 0.1) is 12.2 Å². The van der Waals surface area contributed by atoms with E-state index in [1.54, 1.807) is 0 Å². The van der Waals surface area contributed by atoms with Crippen LogP contribution in [-0.2, 0) is 0 Å². The van der Waals surface area contributed by atoms with E-state index in [4.69, 9.17) is 14.2 Å². The van der Waals surface area contributed by atoms with Gasteiger partial charge in [-0.3, -0.25) is 0 Å². The minimum Gasteiger partial charge on any atom is -0.486 e. The predicted molar refractivity (Wildman–Crippen MR) is 97.8 cm³/mol. The molecule has 0 saturated heterocycles. The molecular formula is C21H19NO3. The van der Waals surface area contributed by atoms with Gasteiger partial charge in [-0.05, 0) is 36.4 Å². The lowest BCUT2D eigenvalue weighted by Gasteiger charge is -2.27. The molecule has 0 radical (unpaired) electrons. The Balaban J connectivity index is 1.42. The molecule has 0 spiro atoms. The molecule has 0 amide bonds. The maximum absolute atomic E-state index is 5.98. The average Bonchev–Trinajstić information content (AvgIpc) is 2.68. The van der Waals surface area contributed by atoms with Crippen LogP contribution in [0.5, 0.6) is 23.0 Å². The minimum absolute atomic E-state index is 0.0559. The summed E-state index contributed by atoms with van der Waals surface area (Å²) in [5.41, 5.74) is 0.925. The highest BCUT2D eigenvalue weighted by Crippen LogP contribution is 2.32. The standard InChI is InChI=1S/C21H19NO3/c1-2-8-16(9-3-1)24-19-11-5-4-10-18(19)22-14-17-15-23-20-12-6-7-13-21(20)25-17/h1-13,17,22H,14-15H2. The van der Waals surface area contributed by atoms with Crippen molar-refractivity contribution < 1.29 is 14.2 Å². The van der Waals surface area contributed by atoms with Crippen molar-refractivity contribution in [1.82, 2.24) is 0 Å². The van der Waals surface area contributed by atoms with Crippen LogP contribution >= 0.6 is 0 Å². The molecule has 4 rings (SSSR count). The van der Waals surface area contributed by atoms with Crippen molar-refractivity contribution in [3.05, 3.63) is 78.9 Å². The van der Waals surface area contributed by atoms with Crippen LogP contribution in [0.15, 0.2) is 78.9 Å². The number of benzene rings is 3. The molecule has 1 N–H and O–H groups in total. The first kappa shape index (κ1) is 15.4. The average molecular weight is 333 g/mol. The number of ether oxygens (including phenoxy) is 3. The molecule has 3 aromatic rings. The zero-order valence-electron chi connectivity index (χ0n) is 13.7. The van der Waals surface area contributed by atoms with E-state index in [1.807, 2.05) is 78.9 Å². The summed E-state index contributed by atoms with van der Waals surface area (Å²) in [6.07, 6.45) is -0.0559. The van der Waals surface area contributed by atoms with E-state index in [1.165, 1.54) is 0 Å². The lowest BCUT2D eigenvalue weighted by atomic mass is 10.2. The number of fused-ring (bicyclic) bond motifs is 1. The Morgan fingerprint density at radius 1 is 0.840 bits per heavy atom. The van der Waals surface area contributed by atoms with E-state index in [0.29, 0.717) is 13.2 Å². The summed E-state index contributed by atoms with van der Waals surface area (Å²) in [7, 11) is 0. The Hall–Kier alpha value is -3.14. The molecule has 1 unspecified atom stereocenters. The number of anilines is 1. The van der Waals surface area contributed by atoms with Crippen molar-refractivity contribution in [3.63, 3.8) is 0 Å². The first-order valence-corrected chi connectivity index (χ1v) is 8.33. The third-order valence-corrected chi connectivity index (χ3v) is 3.95. The van der Waals surface area contributed by atoms with E-state index < -0.39 is 0 Å². The SMILES string of the molecule is c1ccc(Oc2ccccc2NCC2COc3ccccc3O2)cc1. The quantitative estimate of drug-likeness (QED) is 0.733. The monoisotopic (exact) mass is 333 g/mol. The Morgan fingerprint density at radius 2 is 1.56 bits per heavy atom. The molecular weight excluding hydrogens is 314 g/mol. The molecule has 4 heteroatoms. The second kappa shape index (κ2) is 7.18. The van der Waals surface area contributed by atoms with Gasteiger partial charge in [-0.1, -0.05) is 42.5 Å². The van der Waals surface area contributed by atoms with Gasteiger partial charge in [0.15, 0.2) is 17.2 Å². The van der Waals surface area contributed by atoms with Crippen molar-refractivity contribution in [2.24, 2.45) is 0 Å². The first-order valence-electron chi connectivity index (χ1n) is 8.33. The Labute approximate surface area is 147 Å². The van der Waals surface area contributed by atoms with Crippen molar-refractivity contribution in [2.75, 3.05) is 18.5 Å². The van der Waals surface area contributed by atoms with E-state index in [9.17, 15) is 0 Å². The van der Waals surface area contributed by atoms with Gasteiger partial charge in [0.2, 0.25) is 0 Å². The van der Waals surface area contributed by atoms with Crippen molar-refractivity contribution in [2.45, 2.75) is 6.10 Å². The third-order valence-electron chi connectivity index (χ3n) is 3.95. The molecule has 1 aliphatic heterocycles. The van der Waals surface area contributed by atoms with Crippen LogP contribution in [0.4, 0.5) is 5.69 Å².